The third kappa shape index (κ3) is 4.79. The van der Waals surface area contributed by atoms with E-state index in [1.54, 1.807) is 6.07 Å². The van der Waals surface area contributed by atoms with Crippen molar-refractivity contribution in [3.8, 4) is 0 Å². The molecule has 1 heterocycles. The van der Waals surface area contributed by atoms with E-state index in [-0.39, 0.29) is 11.8 Å². The summed E-state index contributed by atoms with van der Waals surface area (Å²) in [4.78, 5) is 15.1. The van der Waals surface area contributed by atoms with Crippen LogP contribution in [0.25, 0.3) is 0 Å². The lowest BCUT2D eigenvalue weighted by Gasteiger charge is -2.32. The highest BCUT2D eigenvalue weighted by Crippen LogP contribution is 2.26. The molecule has 0 bridgehead atoms. The number of hydrogen-bond donors (Lipinski definition) is 1. The second-order valence-electron chi connectivity index (χ2n) is 7.12. The number of carbonyl (C=O) groups is 1. The molecule has 138 valence electrons. The lowest BCUT2D eigenvalue weighted by molar-refractivity contribution is -0.121. The van der Waals surface area contributed by atoms with E-state index in [4.69, 9.17) is 23.2 Å². The molecule has 1 saturated heterocycles. The van der Waals surface area contributed by atoms with E-state index in [1.807, 2.05) is 38.1 Å². The Bertz CT molecular complexity index is 807. The highest BCUT2D eigenvalue weighted by molar-refractivity contribution is 6.35. The molecule has 1 amide bonds. The maximum absolute atomic E-state index is 12.8. The Balaban J connectivity index is 1.64. The Kier molecular flexibility index (Phi) is 6.23. The highest BCUT2D eigenvalue weighted by atomic mass is 35.5. The standard InChI is InChI=1S/C21H24Cl2N2O/c1-14-5-6-15(2)20(10-14)24-21(26)17-4-3-9-25(13-17)12-16-7-8-18(22)11-19(16)23/h5-8,10-11,17H,3-4,9,12-13H2,1-2H3,(H,24,26). The number of aryl methyl sites for hydroxylation is 2. The highest BCUT2D eigenvalue weighted by Gasteiger charge is 2.26. The number of amides is 1. The van der Waals surface area contributed by atoms with Crippen molar-refractivity contribution in [2.75, 3.05) is 18.4 Å². The molecule has 3 nitrogen and oxygen atoms in total. The largest absolute Gasteiger partial charge is 0.326 e. The lowest BCUT2D eigenvalue weighted by atomic mass is 9.96. The molecule has 1 aliphatic rings. The molecule has 26 heavy (non-hydrogen) atoms. The number of carbonyl (C=O) groups excluding carboxylic acids is 1. The van der Waals surface area contributed by atoms with Crippen LogP contribution in [0.5, 0.6) is 0 Å². The van der Waals surface area contributed by atoms with Gasteiger partial charge in [-0.2, -0.15) is 0 Å². The molecule has 1 N–H and O–H groups in total. The second-order valence-corrected chi connectivity index (χ2v) is 7.96. The lowest BCUT2D eigenvalue weighted by Crippen LogP contribution is -2.40. The van der Waals surface area contributed by atoms with Gasteiger partial charge in [-0.05, 0) is 68.1 Å². The van der Waals surface area contributed by atoms with E-state index in [2.05, 4.69) is 16.3 Å². The SMILES string of the molecule is Cc1ccc(C)c(NC(=O)C2CCCN(Cc3ccc(Cl)cc3Cl)C2)c1. The number of nitrogens with zero attached hydrogens (tertiary/aromatic N) is 1. The van der Waals surface area contributed by atoms with Crippen molar-refractivity contribution in [2.24, 2.45) is 5.92 Å². The van der Waals surface area contributed by atoms with Crippen LogP contribution in [-0.4, -0.2) is 23.9 Å². The molecule has 1 atom stereocenters. The van der Waals surface area contributed by atoms with Crippen molar-refractivity contribution in [3.63, 3.8) is 0 Å². The third-order valence-corrected chi connectivity index (χ3v) is 5.52. The average Bonchev–Trinajstić information content (AvgIpc) is 2.61. The van der Waals surface area contributed by atoms with E-state index < -0.39 is 0 Å². The molecule has 3 rings (SSSR count). The van der Waals surface area contributed by atoms with Crippen molar-refractivity contribution in [1.82, 2.24) is 4.90 Å². The van der Waals surface area contributed by atoms with Crippen LogP contribution < -0.4 is 5.32 Å². The topological polar surface area (TPSA) is 32.3 Å². The molecular weight excluding hydrogens is 367 g/mol. The van der Waals surface area contributed by atoms with Crippen LogP contribution in [0.1, 0.15) is 29.5 Å². The molecule has 5 heteroatoms. The van der Waals surface area contributed by atoms with Crippen LogP contribution in [0.15, 0.2) is 36.4 Å². The van der Waals surface area contributed by atoms with Crippen molar-refractivity contribution >= 4 is 34.8 Å². The molecule has 2 aromatic rings. The van der Waals surface area contributed by atoms with Crippen LogP contribution in [0.2, 0.25) is 10.0 Å². The molecule has 0 aromatic heterocycles. The van der Waals surface area contributed by atoms with E-state index >= 15 is 0 Å². The van der Waals surface area contributed by atoms with Gasteiger partial charge in [0, 0.05) is 28.8 Å². The average molecular weight is 391 g/mol. The van der Waals surface area contributed by atoms with Crippen molar-refractivity contribution in [2.45, 2.75) is 33.2 Å². The molecule has 0 spiro atoms. The summed E-state index contributed by atoms with van der Waals surface area (Å²) in [7, 11) is 0. The predicted molar refractivity (Wildman–Crippen MR) is 109 cm³/mol. The Morgan fingerprint density at radius 3 is 2.77 bits per heavy atom. The molecule has 1 unspecified atom stereocenters. The number of halogens is 2. The fraction of sp³-hybridized carbons (Fsp3) is 0.381. The summed E-state index contributed by atoms with van der Waals surface area (Å²) in [6.07, 6.45) is 1.93. The van der Waals surface area contributed by atoms with Crippen molar-refractivity contribution in [1.29, 1.82) is 0 Å². The first kappa shape index (κ1) is 19.2. The van der Waals surface area contributed by atoms with Gasteiger partial charge in [0.15, 0.2) is 0 Å². The fourth-order valence-electron chi connectivity index (χ4n) is 3.41. The smallest absolute Gasteiger partial charge is 0.228 e. The van der Waals surface area contributed by atoms with Gasteiger partial charge in [-0.1, -0.05) is 41.4 Å². The van der Waals surface area contributed by atoms with Gasteiger partial charge in [0.2, 0.25) is 5.91 Å². The van der Waals surface area contributed by atoms with Crippen molar-refractivity contribution in [3.05, 3.63) is 63.1 Å². The van der Waals surface area contributed by atoms with E-state index in [1.165, 1.54) is 0 Å². The summed E-state index contributed by atoms with van der Waals surface area (Å²) in [5.41, 5.74) is 4.19. The maximum Gasteiger partial charge on any atom is 0.228 e. The van der Waals surface area contributed by atoms with E-state index in [0.29, 0.717) is 10.0 Å². The van der Waals surface area contributed by atoms with Gasteiger partial charge < -0.3 is 5.32 Å². The monoisotopic (exact) mass is 390 g/mol. The minimum Gasteiger partial charge on any atom is -0.326 e. The number of nitrogens with one attached hydrogen (secondary N) is 1. The molecule has 0 saturated carbocycles. The number of likely N-dealkylation sites (tertiary alicyclic amines) is 1. The summed E-state index contributed by atoms with van der Waals surface area (Å²) < 4.78 is 0. The summed E-state index contributed by atoms with van der Waals surface area (Å²) in [5.74, 6) is 0.0975. The van der Waals surface area contributed by atoms with Crippen LogP contribution in [0.4, 0.5) is 5.69 Å². The minimum absolute atomic E-state index is 0.00487. The normalized spacial score (nSPS) is 17.9. The predicted octanol–water partition coefficient (Wildman–Crippen LogP) is 5.46. The summed E-state index contributed by atoms with van der Waals surface area (Å²) in [6, 6.07) is 11.7. The third-order valence-electron chi connectivity index (χ3n) is 4.94. The van der Waals surface area contributed by atoms with Crippen LogP contribution >= 0.6 is 23.2 Å². The second kappa shape index (κ2) is 8.43. The maximum atomic E-state index is 12.8. The molecule has 0 radical (unpaired) electrons. The summed E-state index contributed by atoms with van der Waals surface area (Å²) in [6.45, 7) is 6.52. The minimum atomic E-state index is -0.00487. The summed E-state index contributed by atoms with van der Waals surface area (Å²) in [5, 5.41) is 4.44. The summed E-state index contributed by atoms with van der Waals surface area (Å²) >= 11 is 12.3. The molecule has 2 aromatic carbocycles. The van der Waals surface area contributed by atoms with Crippen LogP contribution in [0, 0.1) is 19.8 Å². The Morgan fingerprint density at radius 1 is 1.19 bits per heavy atom. The Labute approximate surface area is 165 Å². The zero-order chi connectivity index (χ0) is 18.7. The van der Waals surface area contributed by atoms with Gasteiger partial charge in [-0.3, -0.25) is 9.69 Å². The van der Waals surface area contributed by atoms with E-state index in [0.717, 1.165) is 54.9 Å². The first-order valence-corrected chi connectivity index (χ1v) is 9.72. The van der Waals surface area contributed by atoms with Crippen LogP contribution in [0.3, 0.4) is 0 Å². The van der Waals surface area contributed by atoms with Gasteiger partial charge in [0.1, 0.15) is 0 Å². The Morgan fingerprint density at radius 2 is 2.00 bits per heavy atom. The zero-order valence-electron chi connectivity index (χ0n) is 15.2. The van der Waals surface area contributed by atoms with E-state index in [9.17, 15) is 4.79 Å². The number of benzene rings is 2. The first-order chi connectivity index (χ1) is 12.4. The number of anilines is 1. The molecule has 1 fully saturated rings. The Hall–Kier alpha value is -1.55. The number of piperidine rings is 1. The zero-order valence-corrected chi connectivity index (χ0v) is 16.7. The van der Waals surface area contributed by atoms with Gasteiger partial charge in [0.25, 0.3) is 0 Å². The molecular formula is C21H24Cl2N2O. The van der Waals surface area contributed by atoms with Crippen LogP contribution in [-0.2, 0) is 11.3 Å². The fourth-order valence-corrected chi connectivity index (χ4v) is 3.88. The number of hydrogen-bond acceptors (Lipinski definition) is 2. The van der Waals surface area contributed by atoms with Gasteiger partial charge in [-0.15, -0.1) is 0 Å². The first-order valence-electron chi connectivity index (χ1n) is 8.97. The van der Waals surface area contributed by atoms with Crippen molar-refractivity contribution < 1.29 is 4.79 Å². The van der Waals surface area contributed by atoms with Gasteiger partial charge >= 0.3 is 0 Å². The van der Waals surface area contributed by atoms with Gasteiger partial charge in [-0.25, -0.2) is 0 Å². The quantitative estimate of drug-likeness (QED) is 0.751. The molecule has 0 aliphatic carbocycles. The number of rotatable bonds is 4. The van der Waals surface area contributed by atoms with Gasteiger partial charge in [0.05, 0.1) is 5.92 Å². The molecule has 1 aliphatic heterocycles.